The molecule has 0 bridgehead atoms. The van der Waals surface area contributed by atoms with Gasteiger partial charge in [0, 0.05) is 33.1 Å². The smallest absolute Gasteiger partial charge is 0.214 e. The lowest BCUT2D eigenvalue weighted by atomic mass is 10.0. The Balaban J connectivity index is 1.91. The Kier molecular flexibility index (Phi) is 4.67. The SMILES string of the molecule is CC(NCCS(=O)(=O)N(C)C)c1ccc2c(c1)CCO2. The molecule has 0 saturated heterocycles. The van der Waals surface area contributed by atoms with Crippen LogP contribution in [0.1, 0.15) is 24.1 Å². The predicted molar refractivity (Wildman–Crippen MR) is 79.5 cm³/mol. The fraction of sp³-hybridized carbons (Fsp3) is 0.571. The summed E-state index contributed by atoms with van der Waals surface area (Å²) in [4.78, 5) is 0. The van der Waals surface area contributed by atoms with Gasteiger partial charge < -0.3 is 10.1 Å². The van der Waals surface area contributed by atoms with Crippen LogP contribution in [0.15, 0.2) is 18.2 Å². The number of sulfonamides is 1. The van der Waals surface area contributed by atoms with Gasteiger partial charge in [0.2, 0.25) is 10.0 Å². The summed E-state index contributed by atoms with van der Waals surface area (Å²) in [5.41, 5.74) is 2.40. The van der Waals surface area contributed by atoms with Gasteiger partial charge in [0.1, 0.15) is 5.75 Å². The third-order valence-corrected chi connectivity index (χ3v) is 5.41. The normalized spacial score (nSPS) is 16.0. The molecular formula is C14H22N2O3S. The Hall–Kier alpha value is -1.11. The first kappa shape index (κ1) is 15.3. The summed E-state index contributed by atoms with van der Waals surface area (Å²) < 4.78 is 30.1. The summed E-state index contributed by atoms with van der Waals surface area (Å²) in [5, 5.41) is 3.25. The van der Waals surface area contributed by atoms with E-state index < -0.39 is 10.0 Å². The van der Waals surface area contributed by atoms with Crippen LogP contribution in [0.4, 0.5) is 0 Å². The molecule has 0 fully saturated rings. The van der Waals surface area contributed by atoms with E-state index in [1.54, 1.807) is 14.1 Å². The van der Waals surface area contributed by atoms with Crippen LogP contribution in [-0.2, 0) is 16.4 Å². The van der Waals surface area contributed by atoms with Crippen LogP contribution >= 0.6 is 0 Å². The molecule has 5 nitrogen and oxygen atoms in total. The highest BCUT2D eigenvalue weighted by Gasteiger charge is 2.16. The number of fused-ring (bicyclic) bond motifs is 1. The zero-order valence-electron chi connectivity index (χ0n) is 12.2. The molecule has 1 heterocycles. The molecule has 0 amide bonds. The first-order valence-corrected chi connectivity index (χ1v) is 8.40. The lowest BCUT2D eigenvalue weighted by Gasteiger charge is -2.16. The Morgan fingerprint density at radius 1 is 1.40 bits per heavy atom. The standard InChI is InChI=1S/C14H22N2O3S/c1-11(15-7-9-20(17,18)16(2)3)12-4-5-14-13(10-12)6-8-19-14/h4-5,10-11,15H,6-9H2,1-3H3. The maximum Gasteiger partial charge on any atom is 0.214 e. The monoisotopic (exact) mass is 298 g/mol. The van der Waals surface area contributed by atoms with Crippen LogP contribution in [0.2, 0.25) is 0 Å². The molecule has 0 saturated carbocycles. The van der Waals surface area contributed by atoms with Gasteiger partial charge in [-0.05, 0) is 24.1 Å². The number of rotatable bonds is 6. The molecule has 0 spiro atoms. The lowest BCUT2D eigenvalue weighted by Crippen LogP contribution is -2.32. The van der Waals surface area contributed by atoms with E-state index in [1.165, 1.54) is 9.87 Å². The molecule has 0 radical (unpaired) electrons. The molecular weight excluding hydrogens is 276 g/mol. The fourth-order valence-corrected chi connectivity index (χ4v) is 2.92. The second-order valence-corrected chi connectivity index (χ2v) is 7.54. The second kappa shape index (κ2) is 6.11. The molecule has 112 valence electrons. The van der Waals surface area contributed by atoms with Gasteiger partial charge in [-0.15, -0.1) is 0 Å². The van der Waals surface area contributed by atoms with Crippen molar-refractivity contribution in [1.82, 2.24) is 9.62 Å². The van der Waals surface area contributed by atoms with E-state index in [4.69, 9.17) is 4.74 Å². The minimum atomic E-state index is -3.13. The maximum absolute atomic E-state index is 11.7. The molecule has 1 aliphatic heterocycles. The average Bonchev–Trinajstić information content (AvgIpc) is 2.85. The highest BCUT2D eigenvalue weighted by molar-refractivity contribution is 7.89. The minimum absolute atomic E-state index is 0.110. The van der Waals surface area contributed by atoms with Crippen molar-refractivity contribution in [3.8, 4) is 5.75 Å². The van der Waals surface area contributed by atoms with Gasteiger partial charge in [-0.1, -0.05) is 12.1 Å². The number of hydrogen-bond donors (Lipinski definition) is 1. The minimum Gasteiger partial charge on any atom is -0.493 e. The van der Waals surface area contributed by atoms with Gasteiger partial charge in [-0.3, -0.25) is 0 Å². The third-order valence-electron chi connectivity index (χ3n) is 3.58. The molecule has 0 aromatic heterocycles. The summed E-state index contributed by atoms with van der Waals surface area (Å²) in [5.74, 6) is 1.08. The Morgan fingerprint density at radius 3 is 2.85 bits per heavy atom. The summed E-state index contributed by atoms with van der Waals surface area (Å²) in [6.45, 7) is 3.23. The van der Waals surface area contributed by atoms with Crippen molar-refractivity contribution in [3.05, 3.63) is 29.3 Å². The van der Waals surface area contributed by atoms with Crippen molar-refractivity contribution >= 4 is 10.0 Å². The van der Waals surface area contributed by atoms with E-state index in [0.717, 1.165) is 24.3 Å². The number of hydrogen-bond acceptors (Lipinski definition) is 4. The quantitative estimate of drug-likeness (QED) is 0.856. The van der Waals surface area contributed by atoms with E-state index in [-0.39, 0.29) is 11.8 Å². The molecule has 0 aliphatic carbocycles. The third kappa shape index (κ3) is 3.50. The number of nitrogens with zero attached hydrogens (tertiary/aromatic N) is 1. The van der Waals surface area contributed by atoms with Crippen molar-refractivity contribution in [2.45, 2.75) is 19.4 Å². The molecule has 2 rings (SSSR count). The average molecular weight is 298 g/mol. The van der Waals surface area contributed by atoms with Crippen LogP contribution in [0.25, 0.3) is 0 Å². The van der Waals surface area contributed by atoms with Gasteiger partial charge in [0.15, 0.2) is 0 Å². The molecule has 1 aromatic carbocycles. The second-order valence-electron chi connectivity index (χ2n) is 5.24. The van der Waals surface area contributed by atoms with Crippen LogP contribution in [-0.4, -0.2) is 45.7 Å². The molecule has 20 heavy (non-hydrogen) atoms. The van der Waals surface area contributed by atoms with E-state index >= 15 is 0 Å². The fourth-order valence-electron chi connectivity index (χ4n) is 2.18. The first-order chi connectivity index (χ1) is 9.40. The largest absolute Gasteiger partial charge is 0.493 e. The van der Waals surface area contributed by atoms with Crippen LogP contribution in [0.5, 0.6) is 5.75 Å². The van der Waals surface area contributed by atoms with E-state index in [2.05, 4.69) is 11.4 Å². The van der Waals surface area contributed by atoms with E-state index in [0.29, 0.717) is 6.54 Å². The highest BCUT2D eigenvalue weighted by Crippen LogP contribution is 2.27. The van der Waals surface area contributed by atoms with Crippen LogP contribution in [0, 0.1) is 0 Å². The van der Waals surface area contributed by atoms with Gasteiger partial charge in [0.05, 0.1) is 12.4 Å². The van der Waals surface area contributed by atoms with Crippen molar-refractivity contribution in [3.63, 3.8) is 0 Å². The molecule has 1 aliphatic rings. The Labute approximate surface area is 121 Å². The van der Waals surface area contributed by atoms with E-state index in [9.17, 15) is 8.42 Å². The van der Waals surface area contributed by atoms with Gasteiger partial charge in [-0.25, -0.2) is 12.7 Å². The van der Waals surface area contributed by atoms with Crippen molar-refractivity contribution < 1.29 is 13.2 Å². The molecule has 6 heteroatoms. The number of nitrogens with one attached hydrogen (secondary N) is 1. The molecule has 1 unspecified atom stereocenters. The van der Waals surface area contributed by atoms with Gasteiger partial charge in [0.25, 0.3) is 0 Å². The summed E-state index contributed by atoms with van der Waals surface area (Å²) >= 11 is 0. The Bertz CT molecular complexity index is 570. The summed E-state index contributed by atoms with van der Waals surface area (Å²) in [6.07, 6.45) is 0.949. The zero-order valence-corrected chi connectivity index (χ0v) is 13.0. The molecule has 1 N–H and O–H groups in total. The summed E-state index contributed by atoms with van der Waals surface area (Å²) in [6, 6.07) is 6.29. The number of ether oxygens (including phenoxy) is 1. The van der Waals surface area contributed by atoms with Gasteiger partial charge in [-0.2, -0.15) is 0 Å². The van der Waals surface area contributed by atoms with Crippen LogP contribution < -0.4 is 10.1 Å². The number of benzene rings is 1. The topological polar surface area (TPSA) is 58.6 Å². The van der Waals surface area contributed by atoms with Gasteiger partial charge >= 0.3 is 0 Å². The summed E-state index contributed by atoms with van der Waals surface area (Å²) in [7, 11) is -0.0251. The van der Waals surface area contributed by atoms with Crippen molar-refractivity contribution in [1.29, 1.82) is 0 Å². The van der Waals surface area contributed by atoms with Crippen molar-refractivity contribution in [2.24, 2.45) is 0 Å². The first-order valence-electron chi connectivity index (χ1n) is 6.79. The molecule has 1 atom stereocenters. The van der Waals surface area contributed by atoms with E-state index in [1.807, 2.05) is 19.1 Å². The zero-order chi connectivity index (χ0) is 14.8. The van der Waals surface area contributed by atoms with Crippen molar-refractivity contribution in [2.75, 3.05) is 33.0 Å². The maximum atomic E-state index is 11.7. The van der Waals surface area contributed by atoms with Crippen LogP contribution in [0.3, 0.4) is 0 Å². The lowest BCUT2D eigenvalue weighted by molar-refractivity contribution is 0.356. The highest BCUT2D eigenvalue weighted by atomic mass is 32.2. The predicted octanol–water partition coefficient (Wildman–Crippen LogP) is 1.16. The molecule has 1 aromatic rings. The Morgan fingerprint density at radius 2 is 2.15 bits per heavy atom.